The van der Waals surface area contributed by atoms with Crippen LogP contribution in [0.25, 0.3) is 0 Å². The predicted octanol–water partition coefficient (Wildman–Crippen LogP) is 4.28. The lowest BCUT2D eigenvalue weighted by atomic mass is 10.2. The van der Waals surface area contributed by atoms with Crippen LogP contribution in [-0.2, 0) is 0 Å². The zero-order chi connectivity index (χ0) is 17.6. The highest BCUT2D eigenvalue weighted by Gasteiger charge is 2.18. The van der Waals surface area contributed by atoms with E-state index in [4.69, 9.17) is 4.74 Å². The number of carbonyl (C=O) groups is 1. The van der Waals surface area contributed by atoms with Gasteiger partial charge in [-0.1, -0.05) is 12.8 Å². The van der Waals surface area contributed by atoms with Crippen LogP contribution in [0.2, 0.25) is 0 Å². The molecule has 0 radical (unpaired) electrons. The van der Waals surface area contributed by atoms with Gasteiger partial charge in [0.25, 0.3) is 5.91 Å². The van der Waals surface area contributed by atoms with E-state index in [-0.39, 0.29) is 12.0 Å². The number of hydrogen-bond acceptors (Lipinski definition) is 4. The molecule has 0 saturated heterocycles. The number of hydrogen-bond donors (Lipinski definition) is 2. The molecule has 3 rings (SSSR count). The number of nitrogens with zero attached hydrogens (tertiary/aromatic N) is 1. The summed E-state index contributed by atoms with van der Waals surface area (Å²) in [6.07, 6.45) is 6.38. The highest BCUT2D eigenvalue weighted by Crippen LogP contribution is 2.21. The zero-order valence-electron chi connectivity index (χ0n) is 14.8. The van der Waals surface area contributed by atoms with Gasteiger partial charge in [0.2, 0.25) is 0 Å². The smallest absolute Gasteiger partial charge is 0.270 e. The van der Waals surface area contributed by atoms with Crippen molar-refractivity contribution in [3.63, 3.8) is 0 Å². The van der Waals surface area contributed by atoms with Gasteiger partial charge in [-0.15, -0.1) is 0 Å². The number of pyridine rings is 1. The highest BCUT2D eigenvalue weighted by atomic mass is 16.5. The molecule has 1 aliphatic carbocycles. The molecule has 2 aromatic rings. The topological polar surface area (TPSA) is 63.2 Å². The Morgan fingerprint density at radius 2 is 1.76 bits per heavy atom. The van der Waals surface area contributed by atoms with Crippen molar-refractivity contribution in [1.82, 2.24) is 10.3 Å². The molecule has 0 spiro atoms. The SMILES string of the molecule is CC(C)Oc1ccc(Nc2ccc(C(=O)NC3CCCC3)nc2)cc1. The van der Waals surface area contributed by atoms with E-state index in [0.29, 0.717) is 11.7 Å². The van der Waals surface area contributed by atoms with Crippen LogP contribution in [0.3, 0.4) is 0 Å². The second-order valence-corrected chi connectivity index (χ2v) is 6.70. The van der Waals surface area contributed by atoms with Crippen molar-refractivity contribution in [1.29, 1.82) is 0 Å². The minimum atomic E-state index is -0.0892. The van der Waals surface area contributed by atoms with Crippen LogP contribution < -0.4 is 15.4 Å². The van der Waals surface area contributed by atoms with E-state index in [2.05, 4.69) is 15.6 Å². The fourth-order valence-electron chi connectivity index (χ4n) is 2.99. The van der Waals surface area contributed by atoms with Crippen LogP contribution in [0.1, 0.15) is 50.0 Å². The fraction of sp³-hybridized carbons (Fsp3) is 0.400. The molecule has 1 aromatic heterocycles. The molecule has 5 heteroatoms. The average Bonchev–Trinajstić information content (AvgIpc) is 3.10. The first-order chi connectivity index (χ1) is 12.1. The molecule has 0 unspecified atom stereocenters. The van der Waals surface area contributed by atoms with Crippen molar-refractivity contribution in [2.45, 2.75) is 51.7 Å². The van der Waals surface area contributed by atoms with Gasteiger partial charge < -0.3 is 15.4 Å². The first-order valence-electron chi connectivity index (χ1n) is 8.91. The summed E-state index contributed by atoms with van der Waals surface area (Å²) in [7, 11) is 0. The first-order valence-corrected chi connectivity index (χ1v) is 8.91. The second-order valence-electron chi connectivity index (χ2n) is 6.70. The van der Waals surface area contributed by atoms with Gasteiger partial charge in [0.15, 0.2) is 0 Å². The van der Waals surface area contributed by atoms with Crippen LogP contribution in [0, 0.1) is 0 Å². The number of nitrogens with one attached hydrogen (secondary N) is 2. The summed E-state index contributed by atoms with van der Waals surface area (Å²) in [5.41, 5.74) is 2.24. The molecule has 1 fully saturated rings. The second kappa shape index (κ2) is 8.01. The summed E-state index contributed by atoms with van der Waals surface area (Å²) in [4.78, 5) is 16.5. The third-order valence-electron chi connectivity index (χ3n) is 4.20. The van der Waals surface area contributed by atoms with Gasteiger partial charge in [-0.2, -0.15) is 0 Å². The molecule has 1 saturated carbocycles. The van der Waals surface area contributed by atoms with E-state index in [1.807, 2.05) is 44.2 Å². The Morgan fingerprint density at radius 1 is 1.08 bits per heavy atom. The lowest BCUT2D eigenvalue weighted by Gasteiger charge is -2.12. The molecule has 5 nitrogen and oxygen atoms in total. The number of rotatable bonds is 6. The molecular weight excluding hydrogens is 314 g/mol. The summed E-state index contributed by atoms with van der Waals surface area (Å²) in [5.74, 6) is 0.756. The molecule has 1 aromatic carbocycles. The standard InChI is InChI=1S/C20H25N3O2/c1-14(2)25-18-10-7-16(8-11-18)22-17-9-12-19(21-13-17)20(24)23-15-5-3-4-6-15/h7-15,22H,3-6H2,1-2H3,(H,23,24). The van der Waals surface area contributed by atoms with E-state index in [0.717, 1.165) is 30.0 Å². The van der Waals surface area contributed by atoms with Crippen LogP contribution in [0.15, 0.2) is 42.6 Å². The largest absolute Gasteiger partial charge is 0.491 e. The van der Waals surface area contributed by atoms with Gasteiger partial charge in [0, 0.05) is 11.7 Å². The minimum Gasteiger partial charge on any atom is -0.491 e. The van der Waals surface area contributed by atoms with Gasteiger partial charge in [-0.05, 0) is 63.1 Å². The van der Waals surface area contributed by atoms with Crippen molar-refractivity contribution >= 4 is 17.3 Å². The van der Waals surface area contributed by atoms with Crippen LogP contribution >= 0.6 is 0 Å². The number of anilines is 2. The third kappa shape index (κ3) is 4.95. The van der Waals surface area contributed by atoms with Crippen LogP contribution in [0.5, 0.6) is 5.75 Å². The Hall–Kier alpha value is -2.56. The van der Waals surface area contributed by atoms with Gasteiger partial charge in [0.05, 0.1) is 18.0 Å². The van der Waals surface area contributed by atoms with E-state index in [1.165, 1.54) is 12.8 Å². The molecule has 1 aliphatic rings. The molecule has 2 N–H and O–H groups in total. The Bertz CT molecular complexity index is 690. The van der Waals surface area contributed by atoms with Gasteiger partial charge in [-0.25, -0.2) is 4.98 Å². The van der Waals surface area contributed by atoms with E-state index in [9.17, 15) is 4.79 Å². The van der Waals surface area contributed by atoms with Gasteiger partial charge in [-0.3, -0.25) is 4.79 Å². The molecule has 132 valence electrons. The summed E-state index contributed by atoms with van der Waals surface area (Å²) in [5, 5.41) is 6.32. The quantitative estimate of drug-likeness (QED) is 0.824. The van der Waals surface area contributed by atoms with E-state index >= 15 is 0 Å². The third-order valence-corrected chi connectivity index (χ3v) is 4.20. The summed E-state index contributed by atoms with van der Waals surface area (Å²) >= 11 is 0. The summed E-state index contributed by atoms with van der Waals surface area (Å²) in [6, 6.07) is 11.7. The Labute approximate surface area is 148 Å². The maximum atomic E-state index is 12.2. The Morgan fingerprint density at radius 3 is 2.36 bits per heavy atom. The molecule has 0 bridgehead atoms. The Kier molecular flexibility index (Phi) is 5.53. The molecule has 1 heterocycles. The number of carbonyl (C=O) groups excluding carboxylic acids is 1. The summed E-state index contributed by atoms with van der Waals surface area (Å²) in [6.45, 7) is 4.00. The first kappa shape index (κ1) is 17.3. The van der Waals surface area contributed by atoms with Gasteiger partial charge in [0.1, 0.15) is 11.4 Å². The van der Waals surface area contributed by atoms with Crippen LogP contribution in [0.4, 0.5) is 11.4 Å². The normalized spacial score (nSPS) is 14.5. The lowest BCUT2D eigenvalue weighted by molar-refractivity contribution is 0.0933. The number of ether oxygens (including phenoxy) is 1. The van der Waals surface area contributed by atoms with Crippen LogP contribution in [-0.4, -0.2) is 23.0 Å². The Balaban J connectivity index is 1.57. The lowest BCUT2D eigenvalue weighted by Crippen LogP contribution is -2.33. The monoisotopic (exact) mass is 339 g/mol. The van der Waals surface area contributed by atoms with Crippen molar-refractivity contribution in [2.75, 3.05) is 5.32 Å². The fourth-order valence-corrected chi connectivity index (χ4v) is 2.99. The molecule has 0 atom stereocenters. The average molecular weight is 339 g/mol. The van der Waals surface area contributed by atoms with Crippen molar-refractivity contribution in [2.24, 2.45) is 0 Å². The number of aromatic nitrogens is 1. The number of amides is 1. The zero-order valence-corrected chi connectivity index (χ0v) is 14.8. The highest BCUT2D eigenvalue weighted by molar-refractivity contribution is 5.92. The van der Waals surface area contributed by atoms with Crippen molar-refractivity contribution < 1.29 is 9.53 Å². The molecule has 0 aliphatic heterocycles. The van der Waals surface area contributed by atoms with E-state index in [1.54, 1.807) is 12.3 Å². The van der Waals surface area contributed by atoms with E-state index < -0.39 is 0 Å². The maximum Gasteiger partial charge on any atom is 0.270 e. The van der Waals surface area contributed by atoms with Crippen molar-refractivity contribution in [3.8, 4) is 5.75 Å². The van der Waals surface area contributed by atoms with Gasteiger partial charge >= 0.3 is 0 Å². The number of benzene rings is 1. The molecular formula is C20H25N3O2. The maximum absolute atomic E-state index is 12.2. The minimum absolute atomic E-state index is 0.0892. The molecule has 25 heavy (non-hydrogen) atoms. The summed E-state index contributed by atoms with van der Waals surface area (Å²) < 4.78 is 5.63. The predicted molar refractivity (Wildman–Crippen MR) is 99.4 cm³/mol. The molecule has 1 amide bonds. The van der Waals surface area contributed by atoms with Crippen molar-refractivity contribution in [3.05, 3.63) is 48.3 Å².